The summed E-state index contributed by atoms with van der Waals surface area (Å²) in [5.41, 5.74) is 0. The predicted molar refractivity (Wildman–Crippen MR) is 94.5 cm³/mol. The summed E-state index contributed by atoms with van der Waals surface area (Å²) in [6, 6.07) is 0. The molecular weight excluding hydrogens is 408 g/mol. The van der Waals surface area contributed by atoms with Crippen LogP contribution in [0.4, 0.5) is 0 Å². The molecule has 0 aromatic rings. The Bertz CT molecular complexity index is 674. The van der Waals surface area contributed by atoms with Crippen LogP contribution in [-0.2, 0) is 57.1 Å². The summed E-state index contributed by atoms with van der Waals surface area (Å²) in [6.45, 7) is 3.95. The number of rotatable bonds is 8. The first-order valence-corrected chi connectivity index (χ1v) is 8.92. The summed E-state index contributed by atoms with van der Waals surface area (Å²) in [4.78, 5) is 58.6. The minimum absolute atomic E-state index is 0.384. The molecule has 0 N–H and O–H groups in total. The number of methoxy groups -OCH3 is 2. The number of esters is 5. The molecule has 1 saturated heterocycles. The Labute approximate surface area is 173 Å². The summed E-state index contributed by atoms with van der Waals surface area (Å²) < 4.78 is 36.3. The molecule has 1 aliphatic heterocycles. The van der Waals surface area contributed by atoms with Gasteiger partial charge in [0.25, 0.3) is 5.79 Å². The summed E-state index contributed by atoms with van der Waals surface area (Å²) in [5.74, 6) is -6.00. The number of hydrogen-bond acceptors (Lipinski definition) is 12. The third-order valence-corrected chi connectivity index (χ3v) is 4.07. The summed E-state index contributed by atoms with van der Waals surface area (Å²) in [7, 11) is 2.24. The van der Waals surface area contributed by atoms with Gasteiger partial charge in [0.2, 0.25) is 0 Å². The normalized spacial score (nSPS) is 26.7. The van der Waals surface area contributed by atoms with E-state index >= 15 is 0 Å². The molecule has 0 amide bonds. The lowest BCUT2D eigenvalue weighted by Gasteiger charge is -2.46. The van der Waals surface area contributed by atoms with Gasteiger partial charge in [-0.3, -0.25) is 19.2 Å². The van der Waals surface area contributed by atoms with E-state index in [0.717, 1.165) is 41.9 Å². The smallest absolute Gasteiger partial charge is 0.366 e. The van der Waals surface area contributed by atoms with Gasteiger partial charge in [-0.25, -0.2) is 4.79 Å². The van der Waals surface area contributed by atoms with E-state index < -0.39 is 66.7 Å². The average Bonchev–Trinajstić information content (AvgIpc) is 2.64. The second-order valence-electron chi connectivity index (χ2n) is 6.41. The fraction of sp³-hybridized carbons (Fsp3) is 0.722. The highest BCUT2D eigenvalue weighted by Gasteiger charge is 2.58. The molecule has 0 aromatic carbocycles. The Balaban J connectivity index is 3.48. The Morgan fingerprint density at radius 3 is 1.97 bits per heavy atom. The van der Waals surface area contributed by atoms with Crippen molar-refractivity contribution in [1.29, 1.82) is 0 Å². The highest BCUT2D eigenvalue weighted by Crippen LogP contribution is 2.36. The molecule has 0 bridgehead atoms. The summed E-state index contributed by atoms with van der Waals surface area (Å²) in [5, 5.41) is 0. The maximum absolute atomic E-state index is 12.4. The zero-order chi connectivity index (χ0) is 23.1. The molecule has 1 heterocycles. The fourth-order valence-electron chi connectivity index (χ4n) is 2.98. The van der Waals surface area contributed by atoms with Crippen molar-refractivity contribution in [2.45, 2.75) is 64.3 Å². The van der Waals surface area contributed by atoms with E-state index in [2.05, 4.69) is 0 Å². The van der Waals surface area contributed by atoms with Crippen LogP contribution in [0.15, 0.2) is 0 Å². The van der Waals surface area contributed by atoms with E-state index in [-0.39, 0.29) is 6.42 Å². The van der Waals surface area contributed by atoms with E-state index in [4.69, 9.17) is 33.2 Å². The minimum Gasteiger partial charge on any atom is -0.465 e. The quantitative estimate of drug-likeness (QED) is 0.363. The fourth-order valence-corrected chi connectivity index (χ4v) is 2.98. The Kier molecular flexibility index (Phi) is 9.18. The third-order valence-electron chi connectivity index (χ3n) is 4.07. The highest BCUT2D eigenvalue weighted by atomic mass is 16.7. The zero-order valence-corrected chi connectivity index (χ0v) is 17.6. The largest absolute Gasteiger partial charge is 0.465 e. The summed E-state index contributed by atoms with van der Waals surface area (Å²) in [6.07, 6.45) is -5.70. The molecule has 0 aromatic heterocycles. The minimum atomic E-state index is -2.08. The van der Waals surface area contributed by atoms with Gasteiger partial charge in [0, 0.05) is 34.8 Å². The van der Waals surface area contributed by atoms with Crippen LogP contribution >= 0.6 is 0 Å². The van der Waals surface area contributed by atoms with Gasteiger partial charge in [0.15, 0.2) is 12.2 Å². The van der Waals surface area contributed by atoms with Gasteiger partial charge in [-0.2, -0.15) is 0 Å². The van der Waals surface area contributed by atoms with E-state index in [9.17, 15) is 24.0 Å². The zero-order valence-electron chi connectivity index (χ0n) is 17.6. The molecule has 1 fully saturated rings. The van der Waals surface area contributed by atoms with Crippen molar-refractivity contribution in [3.05, 3.63) is 0 Å². The Morgan fingerprint density at radius 2 is 1.53 bits per heavy atom. The maximum Gasteiger partial charge on any atom is 0.366 e. The van der Waals surface area contributed by atoms with Crippen LogP contribution in [0.3, 0.4) is 0 Å². The first kappa shape index (κ1) is 25.3. The van der Waals surface area contributed by atoms with Crippen molar-refractivity contribution in [2.24, 2.45) is 0 Å². The third kappa shape index (κ3) is 6.66. The second kappa shape index (κ2) is 10.9. The summed E-state index contributed by atoms with van der Waals surface area (Å²) >= 11 is 0. The lowest BCUT2D eigenvalue weighted by molar-refractivity contribution is -0.320. The Morgan fingerprint density at radius 1 is 0.933 bits per heavy atom. The molecule has 170 valence electrons. The van der Waals surface area contributed by atoms with Crippen LogP contribution in [0.5, 0.6) is 0 Å². The van der Waals surface area contributed by atoms with Crippen molar-refractivity contribution < 1.29 is 57.1 Å². The topological polar surface area (TPSA) is 150 Å². The molecule has 1 aliphatic rings. The monoisotopic (exact) mass is 434 g/mol. The van der Waals surface area contributed by atoms with Crippen molar-refractivity contribution >= 4 is 29.8 Å². The predicted octanol–water partition coefficient (Wildman–Crippen LogP) is -0.351. The average molecular weight is 434 g/mol. The van der Waals surface area contributed by atoms with Gasteiger partial charge in [-0.15, -0.1) is 0 Å². The molecular formula is C18H26O12. The van der Waals surface area contributed by atoms with Gasteiger partial charge in [0.1, 0.15) is 18.8 Å². The molecule has 5 atom stereocenters. The molecule has 0 saturated carbocycles. The van der Waals surface area contributed by atoms with Crippen molar-refractivity contribution in [2.75, 3.05) is 20.8 Å². The van der Waals surface area contributed by atoms with E-state index in [0.29, 0.717) is 0 Å². The maximum atomic E-state index is 12.4. The molecule has 0 radical (unpaired) electrons. The SMILES string of the molecule is COC(=O)C1(OC)CC(OC(C)=O)C(OC(C)=O)C(C(COC(C)=O)OC(C)=O)O1. The van der Waals surface area contributed by atoms with E-state index in [1.807, 2.05) is 0 Å². The van der Waals surface area contributed by atoms with Crippen LogP contribution in [0.1, 0.15) is 34.1 Å². The van der Waals surface area contributed by atoms with E-state index in [1.165, 1.54) is 0 Å². The first-order valence-electron chi connectivity index (χ1n) is 8.92. The van der Waals surface area contributed by atoms with Gasteiger partial charge >= 0.3 is 29.8 Å². The van der Waals surface area contributed by atoms with Crippen LogP contribution < -0.4 is 0 Å². The van der Waals surface area contributed by atoms with Gasteiger partial charge < -0.3 is 33.2 Å². The lowest BCUT2D eigenvalue weighted by Crippen LogP contribution is -2.64. The van der Waals surface area contributed by atoms with Crippen LogP contribution in [0, 0.1) is 0 Å². The lowest BCUT2D eigenvalue weighted by atomic mass is 9.91. The number of carbonyl (C=O) groups excluding carboxylic acids is 5. The van der Waals surface area contributed by atoms with Crippen LogP contribution in [-0.4, -0.2) is 80.9 Å². The van der Waals surface area contributed by atoms with E-state index in [1.54, 1.807) is 0 Å². The van der Waals surface area contributed by atoms with Gasteiger partial charge in [-0.05, 0) is 0 Å². The van der Waals surface area contributed by atoms with Gasteiger partial charge in [-0.1, -0.05) is 0 Å². The molecule has 0 aliphatic carbocycles. The standard InChI is InChI=1S/C18H26O12/c1-9(19)26-8-14(28-11(3)21)16-15(29-12(4)22)13(27-10(2)20)7-18(25-6,30-16)17(23)24-5/h13-16H,7-8H2,1-6H3. The van der Waals surface area contributed by atoms with Crippen molar-refractivity contribution in [3.8, 4) is 0 Å². The second-order valence-corrected chi connectivity index (χ2v) is 6.41. The number of hydrogen-bond donors (Lipinski definition) is 0. The molecule has 30 heavy (non-hydrogen) atoms. The molecule has 12 nitrogen and oxygen atoms in total. The van der Waals surface area contributed by atoms with Crippen molar-refractivity contribution in [3.63, 3.8) is 0 Å². The molecule has 12 heteroatoms. The molecule has 0 spiro atoms. The van der Waals surface area contributed by atoms with Crippen LogP contribution in [0.25, 0.3) is 0 Å². The Hall–Kier alpha value is -2.73. The number of ether oxygens (including phenoxy) is 7. The van der Waals surface area contributed by atoms with Crippen LogP contribution in [0.2, 0.25) is 0 Å². The van der Waals surface area contributed by atoms with Gasteiger partial charge in [0.05, 0.1) is 13.5 Å². The highest BCUT2D eigenvalue weighted by molar-refractivity contribution is 5.78. The molecule has 5 unspecified atom stereocenters. The molecule has 1 rings (SSSR count). The van der Waals surface area contributed by atoms with Crippen molar-refractivity contribution in [1.82, 2.24) is 0 Å². The first-order chi connectivity index (χ1) is 14.0. The number of carbonyl (C=O) groups is 5.